The molecule has 5 heteroatoms. The van der Waals surface area contributed by atoms with E-state index in [1.807, 2.05) is 47.7 Å². The molecule has 4 nitrogen and oxygen atoms in total. The number of fused-ring (bicyclic) bond motifs is 8. The molecule has 0 unspecified atom stereocenters. The number of nitrogens with zero attached hydrogens (tertiary/aromatic N) is 3. The summed E-state index contributed by atoms with van der Waals surface area (Å²) in [7, 11) is 0. The van der Waals surface area contributed by atoms with Crippen molar-refractivity contribution in [2.45, 2.75) is 0 Å². The number of aromatic nitrogens is 3. The zero-order valence-corrected chi connectivity index (χ0v) is 29.7. The van der Waals surface area contributed by atoms with Crippen molar-refractivity contribution in [1.29, 1.82) is 0 Å². The van der Waals surface area contributed by atoms with Crippen LogP contribution in [-0.4, -0.2) is 15.0 Å². The van der Waals surface area contributed by atoms with Crippen molar-refractivity contribution >= 4 is 64.2 Å². The first kappa shape index (κ1) is 30.7. The molecule has 0 aliphatic carbocycles. The van der Waals surface area contributed by atoms with Crippen LogP contribution >= 0.6 is 11.3 Å². The van der Waals surface area contributed by atoms with E-state index < -0.39 is 0 Å². The summed E-state index contributed by atoms with van der Waals surface area (Å²) in [5, 5.41) is 6.74. The lowest BCUT2D eigenvalue weighted by Gasteiger charge is -2.14. The highest BCUT2D eigenvalue weighted by Crippen LogP contribution is 2.46. The van der Waals surface area contributed by atoms with Gasteiger partial charge in [-0.25, -0.2) is 15.0 Å². The van der Waals surface area contributed by atoms with Crippen molar-refractivity contribution in [3.8, 4) is 56.4 Å². The summed E-state index contributed by atoms with van der Waals surface area (Å²) in [4.78, 5) is 16.1. The maximum atomic E-state index is 6.34. The molecule has 11 rings (SSSR count). The van der Waals surface area contributed by atoms with E-state index in [9.17, 15) is 0 Å². The van der Waals surface area contributed by atoms with E-state index in [1.165, 1.54) is 36.7 Å². The normalized spacial score (nSPS) is 11.7. The van der Waals surface area contributed by atoms with Crippen LogP contribution < -0.4 is 0 Å². The van der Waals surface area contributed by atoms with Crippen molar-refractivity contribution < 1.29 is 4.42 Å². The molecule has 54 heavy (non-hydrogen) atoms. The highest BCUT2D eigenvalue weighted by molar-refractivity contribution is 7.26. The molecule has 3 aromatic heterocycles. The first-order chi connectivity index (χ1) is 26.8. The minimum absolute atomic E-state index is 0.597. The van der Waals surface area contributed by atoms with Gasteiger partial charge in [0.2, 0.25) is 0 Å². The number of hydrogen-bond acceptors (Lipinski definition) is 5. The van der Waals surface area contributed by atoms with Crippen molar-refractivity contribution in [1.82, 2.24) is 15.0 Å². The van der Waals surface area contributed by atoms with Gasteiger partial charge in [0.1, 0.15) is 11.2 Å². The third-order valence-electron chi connectivity index (χ3n) is 10.4. The van der Waals surface area contributed by atoms with Gasteiger partial charge >= 0.3 is 0 Å². The van der Waals surface area contributed by atoms with E-state index in [-0.39, 0.29) is 0 Å². The number of thiophene rings is 1. The van der Waals surface area contributed by atoms with Crippen LogP contribution in [-0.2, 0) is 0 Å². The predicted molar refractivity (Wildman–Crippen MR) is 225 cm³/mol. The Hall–Kier alpha value is -6.95. The molecule has 11 aromatic rings. The van der Waals surface area contributed by atoms with Gasteiger partial charge in [0.05, 0.1) is 0 Å². The molecule has 0 radical (unpaired) electrons. The minimum Gasteiger partial charge on any atom is -0.456 e. The lowest BCUT2D eigenvalue weighted by atomic mass is 9.95. The Kier molecular flexibility index (Phi) is 7.00. The molecule has 3 heterocycles. The number of hydrogen-bond donors (Lipinski definition) is 0. The van der Waals surface area contributed by atoms with Crippen LogP contribution in [0.25, 0.3) is 109 Å². The Morgan fingerprint density at radius 3 is 1.67 bits per heavy atom. The molecule has 0 N–H and O–H groups in total. The third kappa shape index (κ3) is 4.86. The summed E-state index contributed by atoms with van der Waals surface area (Å²) in [6, 6.07) is 61.3. The molecule has 0 spiro atoms. The van der Waals surface area contributed by atoms with Gasteiger partial charge in [-0.15, -0.1) is 11.3 Å². The molecule has 0 aliphatic rings. The zero-order chi connectivity index (χ0) is 35.6. The van der Waals surface area contributed by atoms with E-state index in [0.717, 1.165) is 55.1 Å². The molecule has 0 amide bonds. The minimum atomic E-state index is 0.597. The van der Waals surface area contributed by atoms with E-state index in [4.69, 9.17) is 19.4 Å². The molecule has 0 saturated carbocycles. The summed E-state index contributed by atoms with van der Waals surface area (Å²) in [6.45, 7) is 0. The Bertz CT molecular complexity index is 3220. The average Bonchev–Trinajstić information content (AvgIpc) is 3.83. The first-order valence-corrected chi connectivity index (χ1v) is 18.8. The molecule has 0 aliphatic heterocycles. The number of furan rings is 1. The highest BCUT2D eigenvalue weighted by Gasteiger charge is 2.22. The number of para-hydroxylation sites is 1. The van der Waals surface area contributed by atoms with Crippen LogP contribution in [0.3, 0.4) is 0 Å². The number of benzene rings is 8. The maximum Gasteiger partial charge on any atom is 0.164 e. The van der Waals surface area contributed by atoms with Crippen molar-refractivity contribution in [2.24, 2.45) is 0 Å². The predicted octanol–water partition coefficient (Wildman–Crippen LogP) is 13.6. The van der Waals surface area contributed by atoms with Gasteiger partial charge in [-0.2, -0.15) is 0 Å². The van der Waals surface area contributed by atoms with Crippen molar-refractivity contribution in [3.05, 3.63) is 176 Å². The van der Waals surface area contributed by atoms with Crippen LogP contribution in [0.2, 0.25) is 0 Å². The molecule has 0 fully saturated rings. The monoisotopic (exact) mass is 707 g/mol. The fraction of sp³-hybridized carbons (Fsp3) is 0. The molecule has 0 bridgehead atoms. The van der Waals surface area contributed by atoms with Gasteiger partial charge < -0.3 is 4.42 Å². The smallest absolute Gasteiger partial charge is 0.164 e. The van der Waals surface area contributed by atoms with E-state index >= 15 is 0 Å². The summed E-state index contributed by atoms with van der Waals surface area (Å²) < 4.78 is 8.84. The van der Waals surface area contributed by atoms with Gasteiger partial charge in [0, 0.05) is 53.0 Å². The second-order valence-corrected chi connectivity index (χ2v) is 14.5. The van der Waals surface area contributed by atoms with Gasteiger partial charge in [0.25, 0.3) is 0 Å². The van der Waals surface area contributed by atoms with Crippen LogP contribution in [0, 0.1) is 0 Å². The molecule has 8 aromatic carbocycles. The van der Waals surface area contributed by atoms with Crippen LogP contribution in [0.4, 0.5) is 0 Å². The fourth-order valence-corrected chi connectivity index (χ4v) is 9.18. The topological polar surface area (TPSA) is 51.8 Å². The van der Waals surface area contributed by atoms with E-state index in [2.05, 4.69) is 140 Å². The zero-order valence-electron chi connectivity index (χ0n) is 28.9. The standard InChI is InChI=1S/C49H29N3OS/c1-3-15-30(16-4-1)32-19-7-10-22-36(32)47-50-48(38-25-13-27-42-44(38)37-23-11-12-26-41(37)53-42)52-49(51-47)39-29-40-45-33(31-17-5-2-6-18-31)24-14-28-43(45)54-46(40)35-21-9-8-20-34(35)39/h1-29H. The Morgan fingerprint density at radius 1 is 0.352 bits per heavy atom. The molecule has 0 atom stereocenters. The highest BCUT2D eigenvalue weighted by atomic mass is 32.1. The largest absolute Gasteiger partial charge is 0.456 e. The third-order valence-corrected chi connectivity index (χ3v) is 11.6. The van der Waals surface area contributed by atoms with Crippen molar-refractivity contribution in [3.63, 3.8) is 0 Å². The van der Waals surface area contributed by atoms with Crippen LogP contribution in [0.5, 0.6) is 0 Å². The first-order valence-electron chi connectivity index (χ1n) is 18.0. The lowest BCUT2D eigenvalue weighted by Crippen LogP contribution is -2.02. The SMILES string of the molecule is c1ccc(-c2ccccc2-c2nc(-c3cc4c(sc5cccc(-c6ccccc6)c54)c4ccccc34)nc(-c3cccc4oc5ccccc5c34)n2)cc1. The summed E-state index contributed by atoms with van der Waals surface area (Å²) in [5.41, 5.74) is 9.01. The molecule has 0 saturated heterocycles. The van der Waals surface area contributed by atoms with E-state index in [1.54, 1.807) is 0 Å². The van der Waals surface area contributed by atoms with Gasteiger partial charge in [-0.05, 0) is 51.9 Å². The summed E-state index contributed by atoms with van der Waals surface area (Å²) in [6.07, 6.45) is 0. The Balaban J connectivity index is 1.24. The molecule has 252 valence electrons. The van der Waals surface area contributed by atoms with Gasteiger partial charge in [-0.1, -0.05) is 152 Å². The Morgan fingerprint density at radius 2 is 0.889 bits per heavy atom. The quantitative estimate of drug-likeness (QED) is 0.179. The lowest BCUT2D eigenvalue weighted by molar-refractivity contribution is 0.669. The summed E-state index contributed by atoms with van der Waals surface area (Å²) in [5.74, 6) is 1.83. The average molecular weight is 708 g/mol. The second-order valence-electron chi connectivity index (χ2n) is 13.5. The fourth-order valence-electron chi connectivity index (χ4n) is 7.94. The maximum absolute atomic E-state index is 6.34. The van der Waals surface area contributed by atoms with Crippen LogP contribution in [0.15, 0.2) is 180 Å². The number of rotatable bonds is 5. The van der Waals surface area contributed by atoms with E-state index in [0.29, 0.717) is 17.5 Å². The van der Waals surface area contributed by atoms with Crippen molar-refractivity contribution in [2.75, 3.05) is 0 Å². The summed E-state index contributed by atoms with van der Waals surface area (Å²) >= 11 is 1.84. The Labute approximate surface area is 314 Å². The van der Waals surface area contributed by atoms with Gasteiger partial charge in [0.15, 0.2) is 17.5 Å². The van der Waals surface area contributed by atoms with Gasteiger partial charge in [-0.3, -0.25) is 0 Å². The molecular weight excluding hydrogens is 679 g/mol. The second kappa shape index (κ2) is 12.3. The van der Waals surface area contributed by atoms with Crippen LogP contribution in [0.1, 0.15) is 0 Å². The molecular formula is C49H29N3OS.